The number of nitriles is 1. The zero-order valence-corrected chi connectivity index (χ0v) is 14.1. The van der Waals surface area contributed by atoms with Crippen LogP contribution < -0.4 is 10.6 Å². The zero-order valence-electron chi connectivity index (χ0n) is 14.1. The molecule has 0 spiro atoms. The lowest BCUT2D eigenvalue weighted by Crippen LogP contribution is -2.16. The number of hydrogen-bond acceptors (Lipinski definition) is 5. The lowest BCUT2D eigenvalue weighted by atomic mass is 10.1. The average molecular weight is 365 g/mol. The molecule has 0 aromatic heterocycles. The van der Waals surface area contributed by atoms with Crippen LogP contribution in [0, 0.1) is 11.3 Å². The molecule has 2 amide bonds. The van der Waals surface area contributed by atoms with Gasteiger partial charge in [0, 0.05) is 16.9 Å². The van der Waals surface area contributed by atoms with Gasteiger partial charge in [0.2, 0.25) is 11.8 Å². The minimum Gasteiger partial charge on any atom is -0.478 e. The number of carboxylic acid groups (broad SMARTS) is 1. The molecule has 0 aliphatic heterocycles. The van der Waals surface area contributed by atoms with Crippen molar-refractivity contribution in [1.82, 2.24) is 0 Å². The summed E-state index contributed by atoms with van der Waals surface area (Å²) in [5.41, 5.74) is 1.21. The third-order valence-corrected chi connectivity index (χ3v) is 3.47. The highest BCUT2D eigenvalue weighted by molar-refractivity contribution is 6.11. The maximum atomic E-state index is 12.2. The summed E-state index contributed by atoms with van der Waals surface area (Å²) in [6, 6.07) is 13.2. The van der Waals surface area contributed by atoms with Crippen LogP contribution in [0.5, 0.6) is 0 Å². The number of anilines is 2. The number of ketones is 1. The van der Waals surface area contributed by atoms with Gasteiger partial charge in [-0.15, -0.1) is 0 Å². The molecule has 0 radical (unpaired) electrons. The molecule has 27 heavy (non-hydrogen) atoms. The number of carboxylic acids is 1. The largest absolute Gasteiger partial charge is 0.478 e. The van der Waals surface area contributed by atoms with Gasteiger partial charge in [0.15, 0.2) is 5.78 Å². The number of rotatable bonds is 7. The zero-order chi connectivity index (χ0) is 19.8. The van der Waals surface area contributed by atoms with Gasteiger partial charge in [-0.1, -0.05) is 0 Å². The molecule has 8 heteroatoms. The van der Waals surface area contributed by atoms with Crippen LogP contribution in [0.25, 0.3) is 0 Å². The second-order valence-corrected chi connectivity index (χ2v) is 5.49. The summed E-state index contributed by atoms with van der Waals surface area (Å²) < 4.78 is 0. The van der Waals surface area contributed by atoms with E-state index in [0.29, 0.717) is 16.9 Å². The first-order valence-electron chi connectivity index (χ1n) is 7.82. The maximum absolute atomic E-state index is 12.2. The molecule has 0 saturated carbocycles. The van der Waals surface area contributed by atoms with Gasteiger partial charge >= 0.3 is 5.97 Å². The number of hydrogen-bond donors (Lipinski definition) is 3. The fraction of sp³-hybridized carbons (Fsp3) is 0.105. The first-order chi connectivity index (χ1) is 12.9. The molecule has 2 aromatic rings. The standard InChI is InChI=1S/C19H15N3O5/c20-10-9-17(24)21-14-5-1-12(2-6-14)16(23)11-18(25)22-15-7-3-13(4-8-15)19(26)27/h1-8H,9,11H2,(H,21,24)(H,22,25)(H,26,27). The Morgan fingerprint density at radius 2 is 1.30 bits per heavy atom. The Kier molecular flexibility index (Phi) is 6.39. The first-order valence-corrected chi connectivity index (χ1v) is 7.82. The van der Waals surface area contributed by atoms with Crippen molar-refractivity contribution in [2.45, 2.75) is 12.8 Å². The van der Waals surface area contributed by atoms with E-state index in [1.165, 1.54) is 48.5 Å². The lowest BCUT2D eigenvalue weighted by molar-refractivity contribution is -0.116. The van der Waals surface area contributed by atoms with Crippen LogP contribution in [-0.2, 0) is 9.59 Å². The van der Waals surface area contributed by atoms with E-state index in [1.807, 2.05) is 0 Å². The Morgan fingerprint density at radius 3 is 1.78 bits per heavy atom. The summed E-state index contributed by atoms with van der Waals surface area (Å²) in [7, 11) is 0. The normalized spacial score (nSPS) is 9.74. The molecule has 0 saturated heterocycles. The number of aromatic carboxylic acids is 1. The Hall–Kier alpha value is -3.99. The molecule has 0 bridgehead atoms. The summed E-state index contributed by atoms with van der Waals surface area (Å²) in [5, 5.41) is 22.3. The van der Waals surface area contributed by atoms with Crippen molar-refractivity contribution >= 4 is 34.9 Å². The van der Waals surface area contributed by atoms with Crippen molar-refractivity contribution in [2.75, 3.05) is 10.6 Å². The molecule has 3 N–H and O–H groups in total. The summed E-state index contributed by atoms with van der Waals surface area (Å²) in [6.07, 6.45) is -0.658. The van der Waals surface area contributed by atoms with Crippen LogP contribution in [0.4, 0.5) is 11.4 Å². The van der Waals surface area contributed by atoms with Gasteiger partial charge in [0.05, 0.1) is 18.1 Å². The number of carbonyl (C=O) groups excluding carboxylic acids is 3. The molecule has 136 valence electrons. The smallest absolute Gasteiger partial charge is 0.335 e. The van der Waals surface area contributed by atoms with E-state index in [2.05, 4.69) is 10.6 Å². The fourth-order valence-corrected chi connectivity index (χ4v) is 2.17. The highest BCUT2D eigenvalue weighted by atomic mass is 16.4. The van der Waals surface area contributed by atoms with E-state index >= 15 is 0 Å². The van der Waals surface area contributed by atoms with E-state index < -0.39 is 23.6 Å². The molecule has 0 unspecified atom stereocenters. The molecule has 0 atom stereocenters. The van der Waals surface area contributed by atoms with Gasteiger partial charge in [-0.05, 0) is 48.5 Å². The van der Waals surface area contributed by atoms with E-state index in [9.17, 15) is 19.2 Å². The highest BCUT2D eigenvalue weighted by Crippen LogP contribution is 2.13. The average Bonchev–Trinajstić information content (AvgIpc) is 2.62. The van der Waals surface area contributed by atoms with Crippen LogP contribution >= 0.6 is 0 Å². The summed E-state index contributed by atoms with van der Waals surface area (Å²) in [4.78, 5) is 46.2. The van der Waals surface area contributed by atoms with Crippen LogP contribution in [0.15, 0.2) is 48.5 Å². The van der Waals surface area contributed by atoms with Gasteiger partial charge in [-0.3, -0.25) is 14.4 Å². The molecular formula is C19H15N3O5. The van der Waals surface area contributed by atoms with Crippen molar-refractivity contribution in [3.05, 3.63) is 59.7 Å². The number of benzene rings is 2. The predicted octanol–water partition coefficient (Wildman–Crippen LogP) is 2.45. The Bertz CT molecular complexity index is 912. The first kappa shape index (κ1) is 19.3. The molecule has 2 aromatic carbocycles. The Balaban J connectivity index is 1.92. The molecular weight excluding hydrogens is 350 g/mol. The summed E-state index contributed by atoms with van der Waals surface area (Å²) >= 11 is 0. The summed E-state index contributed by atoms with van der Waals surface area (Å²) in [6.45, 7) is 0. The molecule has 2 rings (SSSR count). The maximum Gasteiger partial charge on any atom is 0.335 e. The van der Waals surface area contributed by atoms with Gasteiger partial charge in [-0.25, -0.2) is 4.79 Å². The SMILES string of the molecule is N#CCC(=O)Nc1ccc(C(=O)CC(=O)Nc2ccc(C(=O)O)cc2)cc1. The molecule has 0 heterocycles. The van der Waals surface area contributed by atoms with Crippen molar-refractivity contribution in [3.8, 4) is 6.07 Å². The van der Waals surface area contributed by atoms with Crippen molar-refractivity contribution in [1.29, 1.82) is 5.26 Å². The van der Waals surface area contributed by atoms with E-state index in [-0.39, 0.29) is 18.4 Å². The second kappa shape index (κ2) is 8.92. The quantitative estimate of drug-likeness (QED) is 0.509. The second-order valence-electron chi connectivity index (χ2n) is 5.49. The van der Waals surface area contributed by atoms with Crippen LogP contribution in [0.3, 0.4) is 0 Å². The number of nitrogens with zero attached hydrogens (tertiary/aromatic N) is 1. The predicted molar refractivity (Wildman–Crippen MR) is 96.3 cm³/mol. The monoisotopic (exact) mass is 365 g/mol. The Labute approximate surface area is 154 Å². The molecule has 0 aliphatic rings. The number of nitrogens with one attached hydrogen (secondary N) is 2. The summed E-state index contributed by atoms with van der Waals surface area (Å²) in [5.74, 6) is -2.47. The molecule has 8 nitrogen and oxygen atoms in total. The topological polar surface area (TPSA) is 136 Å². The van der Waals surface area contributed by atoms with E-state index in [1.54, 1.807) is 6.07 Å². The molecule has 0 fully saturated rings. The number of amides is 2. The van der Waals surface area contributed by atoms with Gasteiger partial charge in [0.1, 0.15) is 6.42 Å². The van der Waals surface area contributed by atoms with Gasteiger partial charge < -0.3 is 15.7 Å². The fourth-order valence-electron chi connectivity index (χ4n) is 2.17. The van der Waals surface area contributed by atoms with Gasteiger partial charge in [0.25, 0.3) is 0 Å². The third-order valence-electron chi connectivity index (χ3n) is 3.47. The van der Waals surface area contributed by atoms with Crippen molar-refractivity contribution in [2.24, 2.45) is 0 Å². The molecule has 0 aliphatic carbocycles. The van der Waals surface area contributed by atoms with Crippen LogP contribution in [0.1, 0.15) is 33.6 Å². The highest BCUT2D eigenvalue weighted by Gasteiger charge is 2.13. The minimum atomic E-state index is -1.07. The van der Waals surface area contributed by atoms with Gasteiger partial charge in [-0.2, -0.15) is 5.26 Å². The number of carbonyl (C=O) groups is 4. The van der Waals surface area contributed by atoms with Crippen LogP contribution in [0.2, 0.25) is 0 Å². The van der Waals surface area contributed by atoms with Crippen molar-refractivity contribution in [3.63, 3.8) is 0 Å². The van der Waals surface area contributed by atoms with E-state index in [0.717, 1.165) is 0 Å². The Morgan fingerprint density at radius 1 is 0.815 bits per heavy atom. The van der Waals surface area contributed by atoms with Crippen molar-refractivity contribution < 1.29 is 24.3 Å². The lowest BCUT2D eigenvalue weighted by Gasteiger charge is -2.06. The third kappa shape index (κ3) is 5.79. The van der Waals surface area contributed by atoms with E-state index in [4.69, 9.17) is 10.4 Å². The van der Waals surface area contributed by atoms with Crippen LogP contribution in [-0.4, -0.2) is 28.7 Å². The minimum absolute atomic E-state index is 0.0889. The number of Topliss-reactive ketones (excluding diaryl/α,β-unsaturated/α-hetero) is 1.